The van der Waals surface area contributed by atoms with Gasteiger partial charge in [0.25, 0.3) is 0 Å². The summed E-state index contributed by atoms with van der Waals surface area (Å²) in [6.45, 7) is 5.72. The lowest BCUT2D eigenvalue weighted by molar-refractivity contribution is 0.514. The van der Waals surface area contributed by atoms with Crippen molar-refractivity contribution in [1.29, 1.82) is 0 Å². The Kier molecular flexibility index (Phi) is 38.2. The summed E-state index contributed by atoms with van der Waals surface area (Å²) < 4.78 is 0. The van der Waals surface area contributed by atoms with Crippen molar-refractivity contribution in [1.82, 2.24) is 5.32 Å². The first kappa shape index (κ1) is 46.5. The smallest absolute Gasteiger partial charge is 0.0968 e. The van der Waals surface area contributed by atoms with Crippen LogP contribution in [0.1, 0.15) is 284 Å². The third-order valence-electron chi connectivity index (χ3n) is 11.5. The normalized spacial score (nSPS) is 14.5. The molecule has 0 radical (unpaired) electrons. The first-order valence-electron chi connectivity index (χ1n) is 23.7. The van der Waals surface area contributed by atoms with Crippen LogP contribution in [-0.2, 0) is 0 Å². The fourth-order valence-electron chi connectivity index (χ4n) is 8.05. The summed E-state index contributed by atoms with van der Waals surface area (Å²) in [5.74, 6) is 1.32. The van der Waals surface area contributed by atoms with Gasteiger partial charge in [-0.3, -0.25) is 4.99 Å². The Morgan fingerprint density at radius 1 is 0.347 bits per heavy atom. The molecule has 2 heteroatoms. The standard InChI is InChI=1S/C47H94N2/c1-3-5-7-9-11-13-15-17-19-21-23-25-27-29-31-33-35-37-39-41-43-46-45-48-47(49-46)44-42-40-38-36-34-32-30-28-26-24-22-20-18-16-14-12-10-8-6-4-2/h46H,3-45H2,1-2H3,(H,48,49). The van der Waals surface area contributed by atoms with Crippen molar-refractivity contribution in [2.75, 3.05) is 6.54 Å². The lowest BCUT2D eigenvalue weighted by Gasteiger charge is -2.06. The largest absolute Gasteiger partial charge is 0.372 e. The van der Waals surface area contributed by atoms with Gasteiger partial charge < -0.3 is 5.32 Å². The second-order valence-corrected chi connectivity index (χ2v) is 16.6. The van der Waals surface area contributed by atoms with E-state index in [-0.39, 0.29) is 0 Å². The first-order chi connectivity index (χ1) is 24.4. The molecule has 1 atom stereocenters. The number of unbranched alkanes of at least 4 members (excludes halogenated alkanes) is 38. The number of aliphatic imine (C=N–C) groups is 1. The lowest BCUT2D eigenvalue weighted by Crippen LogP contribution is -2.20. The van der Waals surface area contributed by atoms with Gasteiger partial charge in [-0.05, 0) is 12.8 Å². The average molecular weight is 687 g/mol. The Hall–Kier alpha value is -0.530. The second-order valence-electron chi connectivity index (χ2n) is 16.6. The highest BCUT2D eigenvalue weighted by atomic mass is 15.1. The van der Waals surface area contributed by atoms with Crippen molar-refractivity contribution in [2.45, 2.75) is 290 Å². The summed E-state index contributed by atoms with van der Waals surface area (Å²) in [6.07, 6.45) is 60.7. The van der Waals surface area contributed by atoms with Crippen molar-refractivity contribution in [3.8, 4) is 0 Å². The zero-order chi connectivity index (χ0) is 35.0. The highest BCUT2D eigenvalue weighted by molar-refractivity contribution is 5.83. The predicted molar refractivity (Wildman–Crippen MR) is 224 cm³/mol. The third-order valence-corrected chi connectivity index (χ3v) is 11.5. The Bertz CT molecular complexity index is 642. The van der Waals surface area contributed by atoms with Gasteiger partial charge in [0.05, 0.1) is 11.9 Å². The highest BCUT2D eigenvalue weighted by Gasteiger charge is 2.15. The van der Waals surface area contributed by atoms with Gasteiger partial charge in [-0.2, -0.15) is 0 Å². The van der Waals surface area contributed by atoms with Crippen molar-refractivity contribution in [3.63, 3.8) is 0 Å². The molecule has 0 aromatic carbocycles. The van der Waals surface area contributed by atoms with E-state index < -0.39 is 0 Å². The van der Waals surface area contributed by atoms with Gasteiger partial charge in [-0.15, -0.1) is 0 Å². The van der Waals surface area contributed by atoms with Crippen LogP contribution < -0.4 is 5.32 Å². The maximum absolute atomic E-state index is 5.03. The molecule has 0 saturated carbocycles. The van der Waals surface area contributed by atoms with Gasteiger partial charge in [0.2, 0.25) is 0 Å². The predicted octanol–water partition coefficient (Wildman–Crippen LogP) is 16.8. The Labute approximate surface area is 311 Å². The molecular formula is C47H94N2. The fourth-order valence-corrected chi connectivity index (χ4v) is 8.05. The van der Waals surface area contributed by atoms with Crippen LogP contribution in [0.4, 0.5) is 0 Å². The zero-order valence-corrected chi connectivity index (χ0v) is 34.4. The van der Waals surface area contributed by atoms with Gasteiger partial charge in [-0.1, -0.05) is 264 Å². The van der Waals surface area contributed by atoms with E-state index in [9.17, 15) is 0 Å². The van der Waals surface area contributed by atoms with Crippen LogP contribution in [0, 0.1) is 0 Å². The van der Waals surface area contributed by atoms with E-state index in [1.807, 2.05) is 0 Å². The number of amidine groups is 1. The van der Waals surface area contributed by atoms with E-state index in [0.717, 1.165) is 6.54 Å². The Morgan fingerprint density at radius 3 is 0.878 bits per heavy atom. The van der Waals surface area contributed by atoms with Gasteiger partial charge in [0.15, 0.2) is 0 Å². The molecule has 0 bridgehead atoms. The van der Waals surface area contributed by atoms with Crippen LogP contribution >= 0.6 is 0 Å². The molecule has 292 valence electrons. The first-order valence-corrected chi connectivity index (χ1v) is 23.7. The molecule has 0 aromatic heterocycles. The van der Waals surface area contributed by atoms with Crippen LogP contribution in [0.3, 0.4) is 0 Å². The molecule has 1 aliphatic heterocycles. The summed E-state index contributed by atoms with van der Waals surface area (Å²) in [5.41, 5.74) is 0. The van der Waals surface area contributed by atoms with Crippen LogP contribution in [0.25, 0.3) is 0 Å². The summed E-state index contributed by atoms with van der Waals surface area (Å²) >= 11 is 0. The van der Waals surface area contributed by atoms with E-state index >= 15 is 0 Å². The Balaban J connectivity index is 1.73. The topological polar surface area (TPSA) is 24.4 Å². The minimum absolute atomic E-state index is 0.565. The average Bonchev–Trinajstić information content (AvgIpc) is 3.57. The van der Waals surface area contributed by atoms with E-state index in [0.29, 0.717) is 6.04 Å². The number of nitrogens with zero attached hydrogens (tertiary/aromatic N) is 1. The van der Waals surface area contributed by atoms with Crippen molar-refractivity contribution < 1.29 is 0 Å². The maximum atomic E-state index is 5.03. The highest BCUT2D eigenvalue weighted by Crippen LogP contribution is 2.18. The molecule has 2 nitrogen and oxygen atoms in total. The zero-order valence-electron chi connectivity index (χ0n) is 34.4. The number of hydrogen-bond acceptors (Lipinski definition) is 2. The van der Waals surface area contributed by atoms with Crippen molar-refractivity contribution in [3.05, 3.63) is 0 Å². The summed E-state index contributed by atoms with van der Waals surface area (Å²) in [7, 11) is 0. The molecule has 0 aliphatic carbocycles. The van der Waals surface area contributed by atoms with E-state index in [2.05, 4.69) is 19.2 Å². The van der Waals surface area contributed by atoms with E-state index in [4.69, 9.17) is 4.99 Å². The van der Waals surface area contributed by atoms with Crippen LogP contribution in [0.15, 0.2) is 4.99 Å². The van der Waals surface area contributed by atoms with Gasteiger partial charge in [0, 0.05) is 13.0 Å². The summed E-state index contributed by atoms with van der Waals surface area (Å²) in [5, 5.41) is 3.63. The number of rotatable bonds is 42. The molecule has 1 aliphatic rings. The van der Waals surface area contributed by atoms with Crippen LogP contribution in [0.5, 0.6) is 0 Å². The molecule has 0 spiro atoms. The monoisotopic (exact) mass is 687 g/mol. The van der Waals surface area contributed by atoms with Gasteiger partial charge in [-0.25, -0.2) is 0 Å². The molecule has 1 rings (SSSR count). The number of hydrogen-bond donors (Lipinski definition) is 1. The van der Waals surface area contributed by atoms with Gasteiger partial charge >= 0.3 is 0 Å². The molecule has 0 fully saturated rings. The van der Waals surface area contributed by atoms with Gasteiger partial charge in [0.1, 0.15) is 0 Å². The molecule has 1 heterocycles. The molecule has 0 amide bonds. The van der Waals surface area contributed by atoms with Crippen LogP contribution in [0.2, 0.25) is 0 Å². The fraction of sp³-hybridized carbons (Fsp3) is 0.979. The summed E-state index contributed by atoms with van der Waals surface area (Å²) in [4.78, 5) is 5.03. The quantitative estimate of drug-likeness (QED) is 0.0635. The molecule has 1 N–H and O–H groups in total. The second kappa shape index (κ2) is 40.2. The molecule has 1 unspecified atom stereocenters. The van der Waals surface area contributed by atoms with E-state index in [1.165, 1.54) is 276 Å². The minimum Gasteiger partial charge on any atom is -0.372 e. The maximum Gasteiger partial charge on any atom is 0.0968 e. The molecule has 0 aromatic rings. The molecule has 49 heavy (non-hydrogen) atoms. The van der Waals surface area contributed by atoms with E-state index in [1.54, 1.807) is 0 Å². The molecular weight excluding hydrogens is 593 g/mol. The van der Waals surface area contributed by atoms with Crippen LogP contribution in [-0.4, -0.2) is 18.4 Å². The number of nitrogens with one attached hydrogen (secondary N) is 1. The third kappa shape index (κ3) is 35.6. The van der Waals surface area contributed by atoms with Crippen molar-refractivity contribution >= 4 is 5.84 Å². The molecule has 0 saturated heterocycles. The summed E-state index contributed by atoms with van der Waals surface area (Å²) in [6, 6.07) is 0.565. The SMILES string of the molecule is CCCCCCCCCCCCCCCCCCCCCCC1=NC(CCCCCCCCCCCCCCCCCCCCCC)CN1. The minimum atomic E-state index is 0.565. The Morgan fingerprint density at radius 2 is 0.592 bits per heavy atom. The van der Waals surface area contributed by atoms with Crippen molar-refractivity contribution in [2.24, 2.45) is 4.99 Å². The lowest BCUT2D eigenvalue weighted by atomic mass is 10.0.